The highest BCUT2D eigenvalue weighted by atomic mass is 16.6. The van der Waals surface area contributed by atoms with E-state index in [9.17, 15) is 14.7 Å². The maximum atomic E-state index is 11.8. The number of hydrogen-bond donors (Lipinski definition) is 2. The van der Waals surface area contributed by atoms with Crippen LogP contribution in [-0.4, -0.2) is 43.9 Å². The molecule has 0 spiro atoms. The van der Waals surface area contributed by atoms with Crippen molar-refractivity contribution in [3.8, 4) is 11.4 Å². The van der Waals surface area contributed by atoms with Crippen molar-refractivity contribution in [2.75, 3.05) is 0 Å². The molecule has 1 unspecified atom stereocenters. The van der Waals surface area contributed by atoms with E-state index < -0.39 is 23.7 Å². The third-order valence-corrected chi connectivity index (χ3v) is 2.95. The molecule has 0 aliphatic rings. The third-order valence-electron chi connectivity index (χ3n) is 2.95. The molecule has 2 N–H and O–H groups in total. The van der Waals surface area contributed by atoms with Crippen LogP contribution in [0.4, 0.5) is 4.79 Å². The molecule has 0 saturated carbocycles. The van der Waals surface area contributed by atoms with Crippen LogP contribution < -0.4 is 10.00 Å². The fourth-order valence-electron chi connectivity index (χ4n) is 1.90. The van der Waals surface area contributed by atoms with Gasteiger partial charge in [-0.25, -0.2) is 19.6 Å². The van der Waals surface area contributed by atoms with Crippen molar-refractivity contribution in [2.45, 2.75) is 39.0 Å². The van der Waals surface area contributed by atoms with Crippen LogP contribution in [0, 0.1) is 0 Å². The van der Waals surface area contributed by atoms with Gasteiger partial charge in [-0.15, -0.1) is 0 Å². The van der Waals surface area contributed by atoms with Crippen LogP contribution in [-0.2, 0) is 16.1 Å². The van der Waals surface area contributed by atoms with Gasteiger partial charge >= 0.3 is 12.1 Å². The highest BCUT2D eigenvalue weighted by molar-refractivity contribution is 5.79. The average Bonchev–Trinajstić information content (AvgIpc) is 2.54. The molecule has 0 aliphatic heterocycles. The number of carboxylic acids is 1. The molecule has 2 aromatic rings. The number of ether oxygens (including phenoxy) is 1. The maximum absolute atomic E-state index is 11.8. The molecule has 0 aliphatic carbocycles. The maximum Gasteiger partial charge on any atom is 0.408 e. The number of amides is 1. The summed E-state index contributed by atoms with van der Waals surface area (Å²) in [7, 11) is 0. The minimum Gasteiger partial charge on any atom is -0.480 e. The van der Waals surface area contributed by atoms with Gasteiger partial charge in [0.25, 0.3) is 0 Å². The number of hydrogen-bond acceptors (Lipinski definition) is 6. The summed E-state index contributed by atoms with van der Waals surface area (Å²) in [5, 5.41) is 15.7. The summed E-state index contributed by atoms with van der Waals surface area (Å²) in [6, 6.07) is 2.25. The van der Waals surface area contributed by atoms with Gasteiger partial charge in [0.05, 0.1) is 0 Å². The van der Waals surface area contributed by atoms with Crippen molar-refractivity contribution in [3.05, 3.63) is 36.9 Å². The van der Waals surface area contributed by atoms with Crippen molar-refractivity contribution >= 4 is 12.1 Å². The van der Waals surface area contributed by atoms with Crippen LogP contribution in [0.2, 0.25) is 0 Å². The summed E-state index contributed by atoms with van der Waals surface area (Å²) >= 11 is 0. The van der Waals surface area contributed by atoms with Crippen LogP contribution in [0.5, 0.6) is 0 Å². The summed E-state index contributed by atoms with van der Waals surface area (Å²) < 4.78 is 6.48. The Morgan fingerprint density at radius 2 is 2.00 bits per heavy atom. The second-order valence-corrected chi connectivity index (χ2v) is 6.25. The van der Waals surface area contributed by atoms with E-state index >= 15 is 0 Å². The van der Waals surface area contributed by atoms with E-state index in [0.29, 0.717) is 11.4 Å². The van der Waals surface area contributed by atoms with E-state index in [1.165, 1.54) is 10.9 Å². The number of aliphatic carboxylic acids is 1. The first kappa shape index (κ1) is 18.2. The fourth-order valence-corrected chi connectivity index (χ4v) is 1.90. The Balaban J connectivity index is 2.04. The molecule has 9 heteroatoms. The number of rotatable bonds is 5. The Morgan fingerprint density at radius 1 is 1.32 bits per heavy atom. The highest BCUT2D eigenvalue weighted by Crippen LogP contribution is 2.09. The van der Waals surface area contributed by atoms with Gasteiger partial charge in [0, 0.05) is 24.0 Å². The number of alkyl carbamates (subject to hydrolysis) is 1. The highest BCUT2D eigenvalue weighted by Gasteiger charge is 2.28. The first-order valence-corrected chi connectivity index (χ1v) is 7.60. The van der Waals surface area contributed by atoms with E-state index in [-0.39, 0.29) is 6.54 Å². The Labute approximate surface area is 144 Å². The quantitative estimate of drug-likeness (QED) is 0.769. The fraction of sp³-hybridized carbons (Fsp3) is 0.375. The molecule has 1 amide bonds. The Hall–Kier alpha value is -3.10. The smallest absolute Gasteiger partial charge is 0.408 e. The molecule has 0 bridgehead atoms. The van der Waals surface area contributed by atoms with Crippen molar-refractivity contribution in [1.29, 1.82) is 0 Å². The largest absolute Gasteiger partial charge is 0.480 e. The Kier molecular flexibility index (Phi) is 5.58. The minimum atomic E-state index is -1.18. The number of aromatic nitrogens is 4. The number of carboxylic acid groups (broad SMARTS) is 1. The van der Waals surface area contributed by atoms with Crippen molar-refractivity contribution in [2.24, 2.45) is 0 Å². The lowest BCUT2D eigenvalue weighted by Crippen LogP contribution is -2.53. The zero-order chi connectivity index (χ0) is 18.4. The van der Waals surface area contributed by atoms with E-state index in [1.807, 2.05) is 0 Å². The van der Waals surface area contributed by atoms with Crippen LogP contribution in [0.3, 0.4) is 0 Å². The molecule has 2 rings (SSSR count). The molecule has 2 heterocycles. The van der Waals surface area contributed by atoms with Crippen LogP contribution >= 0.6 is 0 Å². The normalized spacial score (nSPS) is 12.3. The van der Waals surface area contributed by atoms with E-state index in [1.54, 1.807) is 51.5 Å². The third kappa shape index (κ3) is 5.79. The summed E-state index contributed by atoms with van der Waals surface area (Å²) in [6.07, 6.45) is 5.57. The van der Waals surface area contributed by atoms with Gasteiger partial charge in [0.15, 0.2) is 18.1 Å². The van der Waals surface area contributed by atoms with Crippen molar-refractivity contribution in [1.82, 2.24) is 20.4 Å². The zero-order valence-electron chi connectivity index (χ0n) is 14.2. The molecule has 25 heavy (non-hydrogen) atoms. The Bertz CT molecular complexity index is 728. The van der Waals surface area contributed by atoms with E-state index in [0.717, 1.165) is 0 Å². The standard InChI is InChI=1S/C16H19N5O4/c1-16(2,3)25-15(24)20-12(14(22)23)10-21-8-5-11(9-19-21)13-17-6-4-7-18-13/h4-9,12H,10H2,1-3H3,(H-,20,22,23,24)/p+1. The number of carbonyl (C=O) groups excluding carboxylic acids is 1. The van der Waals surface area contributed by atoms with Crippen LogP contribution in [0.15, 0.2) is 36.9 Å². The van der Waals surface area contributed by atoms with E-state index in [4.69, 9.17) is 4.74 Å². The van der Waals surface area contributed by atoms with E-state index in [2.05, 4.69) is 20.4 Å². The topological polar surface area (TPSA) is 118 Å². The lowest BCUT2D eigenvalue weighted by Gasteiger charge is -2.20. The monoisotopic (exact) mass is 346 g/mol. The van der Waals surface area contributed by atoms with Gasteiger partial charge in [-0.2, -0.15) is 0 Å². The molecular formula is C16H20N5O4+. The molecule has 0 aromatic carbocycles. The van der Waals surface area contributed by atoms with Crippen molar-refractivity contribution in [3.63, 3.8) is 0 Å². The molecule has 9 nitrogen and oxygen atoms in total. The lowest BCUT2D eigenvalue weighted by molar-refractivity contribution is -0.754. The Morgan fingerprint density at radius 3 is 2.52 bits per heavy atom. The van der Waals surface area contributed by atoms with Crippen LogP contribution in [0.1, 0.15) is 20.8 Å². The minimum absolute atomic E-state index is 0.0511. The summed E-state index contributed by atoms with van der Waals surface area (Å²) in [6.45, 7) is 5.04. The van der Waals surface area contributed by atoms with Gasteiger partial charge < -0.3 is 15.2 Å². The SMILES string of the molecule is CC(C)(C)OC(=O)NC(C[n+]1ccc(-c2ncccn2)cn1)C(=O)O. The number of nitrogens with zero attached hydrogens (tertiary/aromatic N) is 4. The van der Waals surface area contributed by atoms with Crippen LogP contribution in [0.25, 0.3) is 11.4 Å². The lowest BCUT2D eigenvalue weighted by atomic mass is 10.2. The summed E-state index contributed by atoms with van der Waals surface area (Å²) in [5.41, 5.74) is -0.0145. The first-order chi connectivity index (χ1) is 11.7. The predicted octanol–water partition coefficient (Wildman–Crippen LogP) is 0.804. The molecule has 0 radical (unpaired) electrons. The molecule has 0 fully saturated rings. The molecule has 1 atom stereocenters. The second kappa shape index (κ2) is 7.65. The van der Waals surface area contributed by atoms with Gasteiger partial charge in [-0.3, -0.25) is 0 Å². The van der Waals surface area contributed by atoms with Gasteiger partial charge in [-0.05, 0) is 31.9 Å². The number of nitrogens with one attached hydrogen (secondary N) is 1. The van der Waals surface area contributed by atoms with Crippen molar-refractivity contribution < 1.29 is 24.1 Å². The second-order valence-electron chi connectivity index (χ2n) is 6.25. The number of carbonyl (C=O) groups is 2. The predicted molar refractivity (Wildman–Crippen MR) is 86.3 cm³/mol. The van der Waals surface area contributed by atoms with Gasteiger partial charge in [0.2, 0.25) is 6.54 Å². The van der Waals surface area contributed by atoms with Gasteiger partial charge in [0.1, 0.15) is 11.8 Å². The molecular weight excluding hydrogens is 326 g/mol. The zero-order valence-corrected chi connectivity index (χ0v) is 14.2. The van der Waals surface area contributed by atoms with Gasteiger partial charge in [-0.1, -0.05) is 4.68 Å². The average molecular weight is 346 g/mol. The molecule has 0 saturated heterocycles. The summed E-state index contributed by atoms with van der Waals surface area (Å²) in [5.74, 6) is -0.667. The molecule has 2 aromatic heterocycles. The first-order valence-electron chi connectivity index (χ1n) is 7.60. The molecule has 132 valence electrons. The summed E-state index contributed by atoms with van der Waals surface area (Å²) in [4.78, 5) is 31.3.